The summed E-state index contributed by atoms with van der Waals surface area (Å²) in [6, 6.07) is 10.6. The summed E-state index contributed by atoms with van der Waals surface area (Å²) in [5, 5.41) is 11.8. The number of anilines is 1. The number of hydrogen-bond acceptors (Lipinski definition) is 4. The van der Waals surface area contributed by atoms with Crippen molar-refractivity contribution in [1.82, 2.24) is 9.55 Å². The van der Waals surface area contributed by atoms with Crippen LogP contribution in [0.25, 0.3) is 0 Å². The van der Waals surface area contributed by atoms with Gasteiger partial charge in [0.05, 0.1) is 0 Å². The minimum absolute atomic E-state index is 0.117. The summed E-state index contributed by atoms with van der Waals surface area (Å²) in [6.45, 7) is 0.213. The van der Waals surface area contributed by atoms with Crippen molar-refractivity contribution >= 4 is 11.7 Å². The molecular weight excluding hydrogens is 306 g/mol. The molecule has 1 aliphatic rings. The summed E-state index contributed by atoms with van der Waals surface area (Å²) < 4.78 is 1.63. The van der Waals surface area contributed by atoms with Gasteiger partial charge in [0, 0.05) is 24.4 Å². The van der Waals surface area contributed by atoms with Crippen LogP contribution in [-0.2, 0) is 0 Å². The van der Waals surface area contributed by atoms with Crippen molar-refractivity contribution in [3.05, 3.63) is 58.6 Å². The Morgan fingerprint density at radius 2 is 1.88 bits per heavy atom. The molecule has 6 heteroatoms. The van der Waals surface area contributed by atoms with E-state index in [1.54, 1.807) is 41.1 Å². The van der Waals surface area contributed by atoms with Crippen molar-refractivity contribution in [2.24, 2.45) is 5.92 Å². The third-order valence-corrected chi connectivity index (χ3v) is 4.58. The molecule has 1 saturated carbocycles. The molecule has 0 bridgehead atoms. The maximum Gasteiger partial charge on any atom is 0.349 e. The molecule has 2 aromatic rings. The molecule has 0 spiro atoms. The van der Waals surface area contributed by atoms with E-state index < -0.39 is 0 Å². The number of rotatable bonds is 4. The fraction of sp³-hybridized carbons (Fsp3) is 0.389. The lowest BCUT2D eigenvalue weighted by atomic mass is 9.86. The molecule has 1 fully saturated rings. The molecule has 1 aromatic heterocycles. The van der Waals surface area contributed by atoms with E-state index in [0.717, 1.165) is 25.7 Å². The molecule has 6 nitrogen and oxygen atoms in total. The van der Waals surface area contributed by atoms with Crippen LogP contribution in [0.3, 0.4) is 0 Å². The van der Waals surface area contributed by atoms with Crippen molar-refractivity contribution in [3.63, 3.8) is 0 Å². The number of hydrogen-bond donors (Lipinski definition) is 2. The van der Waals surface area contributed by atoms with Gasteiger partial charge in [0.2, 0.25) is 0 Å². The van der Waals surface area contributed by atoms with Gasteiger partial charge < -0.3 is 10.4 Å². The zero-order chi connectivity index (χ0) is 16.9. The van der Waals surface area contributed by atoms with Crippen molar-refractivity contribution in [3.8, 4) is 0 Å². The molecule has 0 saturated heterocycles. The standard InChI is InChI=1S/C18H21N3O3/c22-12-13-6-8-15(9-7-13)21-11-10-16(20-18(21)24)19-17(23)14-4-2-1-3-5-14/h1-5,10-11,13,15,22H,6-9,12H2,(H,19,20,23,24). The predicted molar refractivity (Wildman–Crippen MR) is 91.0 cm³/mol. The van der Waals surface area contributed by atoms with Crippen molar-refractivity contribution in [1.29, 1.82) is 0 Å². The van der Waals surface area contributed by atoms with Crippen LogP contribution in [0.2, 0.25) is 0 Å². The summed E-state index contributed by atoms with van der Waals surface area (Å²) in [4.78, 5) is 28.3. The smallest absolute Gasteiger partial charge is 0.349 e. The second-order valence-electron chi connectivity index (χ2n) is 6.18. The zero-order valence-electron chi connectivity index (χ0n) is 13.4. The fourth-order valence-electron chi connectivity index (χ4n) is 3.14. The normalized spacial score (nSPS) is 20.5. The highest BCUT2D eigenvalue weighted by Crippen LogP contribution is 2.30. The van der Waals surface area contributed by atoms with Gasteiger partial charge in [0.1, 0.15) is 5.82 Å². The van der Waals surface area contributed by atoms with Gasteiger partial charge in [0.15, 0.2) is 0 Å². The Bertz CT molecular complexity index is 750. The maximum atomic E-state index is 12.3. The number of carbonyl (C=O) groups excluding carboxylic acids is 1. The number of carbonyl (C=O) groups is 1. The first kappa shape index (κ1) is 16.4. The van der Waals surface area contributed by atoms with Crippen LogP contribution >= 0.6 is 0 Å². The van der Waals surface area contributed by atoms with Gasteiger partial charge in [-0.15, -0.1) is 0 Å². The molecule has 1 aliphatic carbocycles. The molecule has 0 unspecified atom stereocenters. The Balaban J connectivity index is 1.69. The van der Waals surface area contributed by atoms with Crippen LogP contribution in [0.15, 0.2) is 47.4 Å². The van der Waals surface area contributed by atoms with E-state index in [1.165, 1.54) is 0 Å². The first-order chi connectivity index (χ1) is 11.7. The van der Waals surface area contributed by atoms with Crippen molar-refractivity contribution in [2.75, 3.05) is 11.9 Å². The Kier molecular flexibility index (Phi) is 5.05. The molecule has 126 valence electrons. The molecule has 1 heterocycles. The van der Waals surface area contributed by atoms with Gasteiger partial charge in [-0.2, -0.15) is 4.98 Å². The average molecular weight is 327 g/mol. The molecule has 0 atom stereocenters. The largest absolute Gasteiger partial charge is 0.396 e. The number of amides is 1. The second kappa shape index (κ2) is 7.40. The minimum Gasteiger partial charge on any atom is -0.396 e. The fourth-order valence-corrected chi connectivity index (χ4v) is 3.14. The van der Waals surface area contributed by atoms with Crippen LogP contribution in [0, 0.1) is 5.92 Å². The third-order valence-electron chi connectivity index (χ3n) is 4.58. The average Bonchev–Trinajstić information content (AvgIpc) is 2.63. The Labute approximate surface area is 140 Å². The maximum absolute atomic E-state index is 12.3. The second-order valence-corrected chi connectivity index (χ2v) is 6.18. The molecule has 3 rings (SSSR count). The molecule has 1 amide bonds. The first-order valence-electron chi connectivity index (χ1n) is 8.24. The lowest BCUT2D eigenvalue weighted by Crippen LogP contribution is -2.30. The van der Waals surface area contributed by atoms with E-state index in [9.17, 15) is 14.7 Å². The quantitative estimate of drug-likeness (QED) is 0.902. The van der Waals surface area contributed by atoms with E-state index in [-0.39, 0.29) is 30.1 Å². The third kappa shape index (κ3) is 3.71. The first-order valence-corrected chi connectivity index (χ1v) is 8.24. The SMILES string of the molecule is O=C(Nc1ccn(C2CCC(CO)CC2)c(=O)n1)c1ccccc1. The van der Waals surface area contributed by atoms with Gasteiger partial charge >= 0.3 is 5.69 Å². The van der Waals surface area contributed by atoms with Crippen molar-refractivity contribution < 1.29 is 9.90 Å². The minimum atomic E-state index is -0.353. The van der Waals surface area contributed by atoms with Crippen molar-refractivity contribution in [2.45, 2.75) is 31.7 Å². The highest BCUT2D eigenvalue weighted by atomic mass is 16.3. The zero-order valence-corrected chi connectivity index (χ0v) is 13.4. The van der Waals surface area contributed by atoms with Gasteiger partial charge in [-0.25, -0.2) is 4.79 Å². The summed E-state index contributed by atoms with van der Waals surface area (Å²) in [5.41, 5.74) is 0.166. The number of aliphatic hydroxyl groups excluding tert-OH is 1. The topological polar surface area (TPSA) is 84.2 Å². The molecule has 24 heavy (non-hydrogen) atoms. The van der Waals surface area contributed by atoms with E-state index >= 15 is 0 Å². The number of benzene rings is 1. The lowest BCUT2D eigenvalue weighted by molar-refractivity contribution is 0.102. The van der Waals surface area contributed by atoms with Gasteiger partial charge in [0.25, 0.3) is 5.91 Å². The molecule has 1 aromatic carbocycles. The number of nitrogens with zero attached hydrogens (tertiary/aromatic N) is 2. The van der Waals surface area contributed by atoms with Crippen LogP contribution in [-0.4, -0.2) is 27.2 Å². The predicted octanol–water partition coefficient (Wildman–Crippen LogP) is 2.22. The summed E-state index contributed by atoms with van der Waals surface area (Å²) in [7, 11) is 0. The summed E-state index contributed by atoms with van der Waals surface area (Å²) in [6.07, 6.45) is 5.26. The van der Waals surface area contributed by atoms with E-state index in [1.807, 2.05) is 6.07 Å². The lowest BCUT2D eigenvalue weighted by Gasteiger charge is -2.28. The van der Waals surface area contributed by atoms with Crippen LogP contribution in [0.1, 0.15) is 42.1 Å². The van der Waals surface area contributed by atoms with Gasteiger partial charge in [-0.05, 0) is 49.8 Å². The Morgan fingerprint density at radius 3 is 2.50 bits per heavy atom. The molecule has 2 N–H and O–H groups in total. The number of aromatic nitrogens is 2. The summed E-state index contributed by atoms with van der Waals surface area (Å²) >= 11 is 0. The van der Waals surface area contributed by atoms with Crippen LogP contribution in [0.5, 0.6) is 0 Å². The monoisotopic (exact) mass is 327 g/mol. The number of nitrogens with one attached hydrogen (secondary N) is 1. The highest BCUT2D eigenvalue weighted by Gasteiger charge is 2.22. The van der Waals surface area contributed by atoms with Gasteiger partial charge in [-0.1, -0.05) is 18.2 Å². The van der Waals surface area contributed by atoms with E-state index in [2.05, 4.69) is 10.3 Å². The van der Waals surface area contributed by atoms with Crippen LogP contribution < -0.4 is 11.0 Å². The van der Waals surface area contributed by atoms with Crippen LogP contribution in [0.4, 0.5) is 5.82 Å². The highest BCUT2D eigenvalue weighted by molar-refractivity contribution is 6.03. The van der Waals surface area contributed by atoms with Gasteiger partial charge in [-0.3, -0.25) is 9.36 Å². The molecule has 0 aliphatic heterocycles. The molecule has 0 radical (unpaired) electrons. The molecular formula is C18H21N3O3. The summed E-state index contributed by atoms with van der Waals surface area (Å²) in [5.74, 6) is 0.312. The Morgan fingerprint density at radius 1 is 1.17 bits per heavy atom. The number of aliphatic hydroxyl groups is 1. The Hall–Kier alpha value is -2.47. The van der Waals surface area contributed by atoms with E-state index in [4.69, 9.17) is 0 Å². The van der Waals surface area contributed by atoms with E-state index in [0.29, 0.717) is 11.5 Å².